The Morgan fingerprint density at radius 2 is 1.83 bits per heavy atom. The van der Waals surface area contributed by atoms with Crippen molar-refractivity contribution >= 4 is 17.8 Å². The average Bonchev–Trinajstić information content (AvgIpc) is 2.61. The van der Waals surface area contributed by atoms with E-state index in [0.717, 1.165) is 32.1 Å². The summed E-state index contributed by atoms with van der Waals surface area (Å²) in [6.45, 7) is 2.95. The van der Waals surface area contributed by atoms with E-state index < -0.39 is 11.9 Å². The van der Waals surface area contributed by atoms with Gasteiger partial charge in [-0.05, 0) is 32.1 Å². The molecule has 1 N–H and O–H groups in total. The molecular formula is C18H30N2O4. The highest BCUT2D eigenvalue weighted by molar-refractivity contribution is 5.88. The first-order chi connectivity index (χ1) is 11.4. The minimum atomic E-state index is -0.843. The summed E-state index contributed by atoms with van der Waals surface area (Å²) in [5, 5.41) is 9.14. The molecule has 0 aromatic rings. The minimum absolute atomic E-state index is 0.0485. The first-order valence-electron chi connectivity index (χ1n) is 9.16. The van der Waals surface area contributed by atoms with Crippen LogP contribution in [0.1, 0.15) is 58.3 Å². The van der Waals surface area contributed by atoms with Gasteiger partial charge in [-0.3, -0.25) is 14.4 Å². The number of rotatable bonds is 5. The molecule has 136 valence electrons. The molecule has 1 atom stereocenters. The third kappa shape index (κ3) is 4.08. The van der Waals surface area contributed by atoms with Gasteiger partial charge in [-0.25, -0.2) is 0 Å². The molecule has 2 aliphatic rings. The summed E-state index contributed by atoms with van der Waals surface area (Å²) in [7, 11) is 1.70. The number of carbonyl (C=O) groups excluding carboxylic acids is 2. The van der Waals surface area contributed by atoms with Gasteiger partial charge in [0.1, 0.15) is 0 Å². The van der Waals surface area contributed by atoms with Crippen molar-refractivity contribution in [1.82, 2.24) is 9.80 Å². The van der Waals surface area contributed by atoms with Crippen molar-refractivity contribution < 1.29 is 19.5 Å². The average molecular weight is 338 g/mol. The lowest BCUT2D eigenvalue weighted by molar-refractivity contribution is -0.150. The number of hydrogen-bond acceptors (Lipinski definition) is 3. The molecule has 0 spiro atoms. The third-order valence-corrected chi connectivity index (χ3v) is 5.78. The lowest BCUT2D eigenvalue weighted by Gasteiger charge is -2.38. The van der Waals surface area contributed by atoms with Crippen LogP contribution in [0.5, 0.6) is 0 Å². The maximum atomic E-state index is 12.9. The van der Waals surface area contributed by atoms with Gasteiger partial charge in [0.25, 0.3) is 0 Å². The SMILES string of the molecule is CCC1(C(=O)N(C)CC(=O)N2CCCC(C(=O)O)C2)CCCCC1. The van der Waals surface area contributed by atoms with E-state index in [1.807, 2.05) is 0 Å². The fraction of sp³-hybridized carbons (Fsp3) is 0.833. The molecule has 0 aromatic carbocycles. The van der Waals surface area contributed by atoms with E-state index in [2.05, 4.69) is 6.92 Å². The number of nitrogens with zero attached hydrogens (tertiary/aromatic N) is 2. The van der Waals surface area contributed by atoms with Gasteiger partial charge >= 0.3 is 5.97 Å². The zero-order valence-corrected chi connectivity index (χ0v) is 14.9. The van der Waals surface area contributed by atoms with E-state index in [1.54, 1.807) is 16.8 Å². The van der Waals surface area contributed by atoms with Gasteiger partial charge in [0.15, 0.2) is 0 Å². The standard InChI is InChI=1S/C18H30N2O4/c1-3-18(9-5-4-6-10-18)17(24)19(2)13-15(21)20-11-7-8-14(12-20)16(22)23/h14H,3-13H2,1-2H3,(H,22,23). The molecule has 0 bridgehead atoms. The number of carboxylic acids is 1. The molecule has 2 amide bonds. The van der Waals surface area contributed by atoms with Crippen molar-refractivity contribution in [1.29, 1.82) is 0 Å². The van der Waals surface area contributed by atoms with Crippen molar-refractivity contribution in [3.05, 3.63) is 0 Å². The van der Waals surface area contributed by atoms with Gasteiger partial charge in [0.05, 0.1) is 12.5 Å². The van der Waals surface area contributed by atoms with Crippen LogP contribution < -0.4 is 0 Å². The second-order valence-corrected chi connectivity index (χ2v) is 7.37. The summed E-state index contributed by atoms with van der Waals surface area (Å²) < 4.78 is 0. The fourth-order valence-corrected chi connectivity index (χ4v) is 4.13. The van der Waals surface area contributed by atoms with Gasteiger partial charge in [0.2, 0.25) is 11.8 Å². The summed E-state index contributed by atoms with van der Waals surface area (Å²) in [4.78, 5) is 39.7. The fourth-order valence-electron chi connectivity index (χ4n) is 4.13. The summed E-state index contributed by atoms with van der Waals surface area (Å²) in [6, 6.07) is 0. The molecule has 6 nitrogen and oxygen atoms in total. The number of carboxylic acid groups (broad SMARTS) is 1. The highest BCUT2D eigenvalue weighted by Gasteiger charge is 2.40. The maximum Gasteiger partial charge on any atom is 0.308 e. The summed E-state index contributed by atoms with van der Waals surface area (Å²) in [5.74, 6) is -1.39. The van der Waals surface area contributed by atoms with Gasteiger partial charge in [-0.1, -0.05) is 26.2 Å². The van der Waals surface area contributed by atoms with Crippen LogP contribution in [0.15, 0.2) is 0 Å². The molecule has 1 heterocycles. The smallest absolute Gasteiger partial charge is 0.308 e. The molecule has 2 fully saturated rings. The van der Waals surface area contributed by atoms with Gasteiger partial charge in [-0.2, -0.15) is 0 Å². The van der Waals surface area contributed by atoms with Crippen LogP contribution in [0.2, 0.25) is 0 Å². The Bertz CT molecular complexity index is 485. The molecule has 1 aliphatic carbocycles. The third-order valence-electron chi connectivity index (χ3n) is 5.78. The molecule has 0 aromatic heterocycles. The van der Waals surface area contributed by atoms with Crippen LogP contribution in [0.4, 0.5) is 0 Å². The highest BCUT2D eigenvalue weighted by Crippen LogP contribution is 2.40. The van der Waals surface area contributed by atoms with Crippen LogP contribution in [-0.4, -0.2) is 59.4 Å². The molecule has 0 radical (unpaired) electrons. The Kier molecular flexibility index (Phi) is 6.24. The Balaban J connectivity index is 1.95. The molecule has 1 saturated carbocycles. The van der Waals surface area contributed by atoms with Crippen LogP contribution in [0, 0.1) is 11.3 Å². The lowest BCUT2D eigenvalue weighted by atomic mass is 9.71. The Hall–Kier alpha value is -1.59. The number of amides is 2. The van der Waals surface area contributed by atoms with Crippen LogP contribution in [-0.2, 0) is 14.4 Å². The predicted molar refractivity (Wildman–Crippen MR) is 90.4 cm³/mol. The summed E-state index contributed by atoms with van der Waals surface area (Å²) in [6.07, 6.45) is 7.29. The van der Waals surface area contributed by atoms with Crippen LogP contribution >= 0.6 is 0 Å². The first-order valence-corrected chi connectivity index (χ1v) is 9.16. The monoisotopic (exact) mass is 338 g/mol. The van der Waals surface area contributed by atoms with E-state index in [9.17, 15) is 14.4 Å². The van der Waals surface area contributed by atoms with Gasteiger partial charge in [-0.15, -0.1) is 0 Å². The highest BCUT2D eigenvalue weighted by atomic mass is 16.4. The second-order valence-electron chi connectivity index (χ2n) is 7.37. The van der Waals surface area contributed by atoms with E-state index >= 15 is 0 Å². The van der Waals surface area contributed by atoms with E-state index in [4.69, 9.17) is 5.11 Å². The number of aliphatic carboxylic acids is 1. The number of likely N-dealkylation sites (tertiary alicyclic amines) is 1. The summed E-state index contributed by atoms with van der Waals surface area (Å²) in [5.41, 5.74) is -0.307. The Morgan fingerprint density at radius 1 is 1.17 bits per heavy atom. The lowest BCUT2D eigenvalue weighted by Crippen LogP contribution is -2.50. The van der Waals surface area contributed by atoms with Crippen molar-refractivity contribution in [2.24, 2.45) is 11.3 Å². The summed E-state index contributed by atoms with van der Waals surface area (Å²) >= 11 is 0. The van der Waals surface area contributed by atoms with Crippen molar-refractivity contribution in [2.75, 3.05) is 26.7 Å². The van der Waals surface area contributed by atoms with Crippen LogP contribution in [0.3, 0.4) is 0 Å². The number of hydrogen-bond donors (Lipinski definition) is 1. The molecule has 24 heavy (non-hydrogen) atoms. The van der Waals surface area contributed by atoms with Gasteiger partial charge in [0, 0.05) is 25.6 Å². The topological polar surface area (TPSA) is 77.9 Å². The minimum Gasteiger partial charge on any atom is -0.481 e. The van der Waals surface area contributed by atoms with Gasteiger partial charge < -0.3 is 14.9 Å². The molecule has 1 saturated heterocycles. The number of piperidine rings is 1. The maximum absolute atomic E-state index is 12.9. The zero-order chi connectivity index (χ0) is 17.7. The predicted octanol–water partition coefficient (Wildman–Crippen LogP) is 2.13. The first kappa shape index (κ1) is 18.7. The molecule has 1 unspecified atom stereocenters. The quantitative estimate of drug-likeness (QED) is 0.833. The van der Waals surface area contributed by atoms with Crippen molar-refractivity contribution in [2.45, 2.75) is 58.3 Å². The van der Waals surface area contributed by atoms with Crippen LogP contribution in [0.25, 0.3) is 0 Å². The molecule has 1 aliphatic heterocycles. The van der Waals surface area contributed by atoms with Crippen molar-refractivity contribution in [3.8, 4) is 0 Å². The second kappa shape index (κ2) is 7.99. The van der Waals surface area contributed by atoms with E-state index in [-0.39, 0.29) is 30.3 Å². The molecule has 2 rings (SSSR count). The van der Waals surface area contributed by atoms with E-state index in [1.165, 1.54) is 6.42 Å². The largest absolute Gasteiger partial charge is 0.481 e. The number of likely N-dealkylation sites (N-methyl/N-ethyl adjacent to an activating group) is 1. The Labute approximate surface area is 144 Å². The molecular weight excluding hydrogens is 308 g/mol. The van der Waals surface area contributed by atoms with E-state index in [0.29, 0.717) is 19.4 Å². The number of carbonyl (C=O) groups is 3. The zero-order valence-electron chi connectivity index (χ0n) is 14.9. The van der Waals surface area contributed by atoms with Crippen molar-refractivity contribution in [3.63, 3.8) is 0 Å². The Morgan fingerprint density at radius 3 is 2.42 bits per heavy atom. The molecule has 6 heteroatoms. The normalized spacial score (nSPS) is 23.6.